The van der Waals surface area contributed by atoms with Crippen LogP contribution in [0.15, 0.2) is 42.5 Å². The van der Waals surface area contributed by atoms with E-state index in [4.69, 9.17) is 0 Å². The van der Waals surface area contributed by atoms with Crippen molar-refractivity contribution < 1.29 is 18.5 Å². The number of carbonyl (C=O) groups is 1. The van der Waals surface area contributed by atoms with Crippen LogP contribution in [-0.4, -0.2) is 10.8 Å². The lowest BCUT2D eigenvalue weighted by Crippen LogP contribution is -2.28. The summed E-state index contributed by atoms with van der Waals surface area (Å²) in [6.45, 7) is 1.62. The van der Waals surface area contributed by atoms with Crippen LogP contribution in [0.4, 0.5) is 14.5 Å². The molecule has 2 rings (SSSR count). The van der Waals surface area contributed by atoms with Gasteiger partial charge in [-0.2, -0.15) is 0 Å². The Morgan fingerprint density at radius 3 is 2.57 bits per heavy atom. The molecule has 7 heteroatoms. The number of hydrogen-bond acceptors (Lipinski definition) is 3. The van der Waals surface area contributed by atoms with E-state index in [0.29, 0.717) is 5.56 Å². The highest BCUT2D eigenvalue weighted by Crippen LogP contribution is 2.19. The second-order valence-electron chi connectivity index (χ2n) is 5.03. The maximum Gasteiger partial charge on any atom is 0.273 e. The molecule has 0 fully saturated rings. The molecule has 0 unspecified atom stereocenters. The number of carbonyl (C=O) groups excluding carboxylic acids is 1. The molecular weight excluding hydrogens is 306 g/mol. The number of amides is 1. The van der Waals surface area contributed by atoms with Crippen LogP contribution in [-0.2, 0) is 11.2 Å². The van der Waals surface area contributed by atoms with Gasteiger partial charge in [0.2, 0.25) is 5.91 Å². The summed E-state index contributed by atoms with van der Waals surface area (Å²) in [6, 6.07) is 8.74. The van der Waals surface area contributed by atoms with Gasteiger partial charge in [0, 0.05) is 11.6 Å². The molecule has 2 aromatic carbocycles. The molecule has 0 radical (unpaired) electrons. The van der Waals surface area contributed by atoms with Crippen molar-refractivity contribution >= 4 is 11.6 Å². The molecular formula is C16H14F2N2O3. The van der Waals surface area contributed by atoms with Crippen LogP contribution in [0.2, 0.25) is 0 Å². The van der Waals surface area contributed by atoms with Crippen molar-refractivity contribution in [2.24, 2.45) is 0 Å². The number of halogens is 2. The maximum absolute atomic E-state index is 13.2. The van der Waals surface area contributed by atoms with Crippen LogP contribution in [0.25, 0.3) is 0 Å². The molecule has 0 spiro atoms. The number of para-hydroxylation sites is 1. The van der Waals surface area contributed by atoms with Crippen LogP contribution < -0.4 is 5.32 Å². The van der Waals surface area contributed by atoms with Gasteiger partial charge in [-0.3, -0.25) is 14.9 Å². The van der Waals surface area contributed by atoms with Gasteiger partial charge in [-0.1, -0.05) is 24.3 Å². The summed E-state index contributed by atoms with van der Waals surface area (Å²) >= 11 is 0. The van der Waals surface area contributed by atoms with E-state index in [-0.39, 0.29) is 17.7 Å². The monoisotopic (exact) mass is 320 g/mol. The van der Waals surface area contributed by atoms with E-state index in [0.717, 1.165) is 12.1 Å². The first-order chi connectivity index (χ1) is 10.9. The van der Waals surface area contributed by atoms with Gasteiger partial charge in [0.05, 0.1) is 17.4 Å². The number of nitrogens with one attached hydrogen (secondary N) is 1. The molecule has 0 heterocycles. The lowest BCUT2D eigenvalue weighted by atomic mass is 10.1. The van der Waals surface area contributed by atoms with Crippen molar-refractivity contribution in [3.63, 3.8) is 0 Å². The highest BCUT2D eigenvalue weighted by molar-refractivity contribution is 5.80. The number of benzene rings is 2. The molecule has 0 aromatic heterocycles. The molecule has 0 aliphatic carbocycles. The van der Waals surface area contributed by atoms with E-state index < -0.39 is 28.5 Å². The number of nitrogens with zero attached hydrogens (tertiary/aromatic N) is 1. The highest BCUT2D eigenvalue weighted by atomic mass is 19.2. The summed E-state index contributed by atoms with van der Waals surface area (Å²) in [4.78, 5) is 22.4. The van der Waals surface area contributed by atoms with Crippen LogP contribution in [0, 0.1) is 21.7 Å². The van der Waals surface area contributed by atoms with Crippen molar-refractivity contribution in [2.75, 3.05) is 0 Å². The average Bonchev–Trinajstić information content (AvgIpc) is 2.50. The molecule has 0 saturated carbocycles. The van der Waals surface area contributed by atoms with E-state index in [9.17, 15) is 23.7 Å². The Kier molecular flexibility index (Phi) is 5.00. The largest absolute Gasteiger partial charge is 0.349 e. The van der Waals surface area contributed by atoms with Gasteiger partial charge in [0.25, 0.3) is 5.69 Å². The van der Waals surface area contributed by atoms with Gasteiger partial charge in [-0.05, 0) is 24.6 Å². The number of nitro benzene ring substituents is 1. The van der Waals surface area contributed by atoms with Crippen molar-refractivity contribution in [1.29, 1.82) is 0 Å². The summed E-state index contributed by atoms with van der Waals surface area (Å²) in [5, 5.41) is 13.5. The lowest BCUT2D eigenvalue weighted by molar-refractivity contribution is -0.385. The minimum Gasteiger partial charge on any atom is -0.349 e. The Balaban J connectivity index is 2.07. The average molecular weight is 320 g/mol. The van der Waals surface area contributed by atoms with Crippen molar-refractivity contribution in [2.45, 2.75) is 19.4 Å². The molecule has 2 aromatic rings. The number of hydrogen-bond donors (Lipinski definition) is 1. The summed E-state index contributed by atoms with van der Waals surface area (Å²) in [5.41, 5.74) is 0.551. The zero-order chi connectivity index (χ0) is 17.0. The Labute approximate surface area is 131 Å². The van der Waals surface area contributed by atoms with Crippen LogP contribution in [0.1, 0.15) is 24.1 Å². The van der Waals surface area contributed by atoms with E-state index in [1.165, 1.54) is 24.3 Å². The zero-order valence-electron chi connectivity index (χ0n) is 12.3. The van der Waals surface area contributed by atoms with Gasteiger partial charge in [0.15, 0.2) is 11.6 Å². The Hall–Kier alpha value is -2.83. The summed E-state index contributed by atoms with van der Waals surface area (Å²) in [6.07, 6.45) is -0.175. The fourth-order valence-corrected chi connectivity index (χ4v) is 2.17. The third kappa shape index (κ3) is 4.09. The van der Waals surface area contributed by atoms with Crippen LogP contribution in [0.3, 0.4) is 0 Å². The minimum atomic E-state index is -0.998. The second kappa shape index (κ2) is 6.95. The lowest BCUT2D eigenvalue weighted by Gasteiger charge is -2.14. The molecule has 0 saturated heterocycles. The normalized spacial score (nSPS) is 11.8. The van der Waals surface area contributed by atoms with Gasteiger partial charge in [-0.25, -0.2) is 8.78 Å². The first-order valence-corrected chi connectivity index (χ1v) is 6.85. The van der Waals surface area contributed by atoms with E-state index in [1.807, 2.05) is 0 Å². The first kappa shape index (κ1) is 16.5. The fourth-order valence-electron chi connectivity index (χ4n) is 2.17. The van der Waals surface area contributed by atoms with Gasteiger partial charge < -0.3 is 5.32 Å². The summed E-state index contributed by atoms with van der Waals surface area (Å²) < 4.78 is 26.1. The van der Waals surface area contributed by atoms with Crippen molar-refractivity contribution in [1.82, 2.24) is 5.32 Å². The molecule has 120 valence electrons. The third-order valence-corrected chi connectivity index (χ3v) is 3.36. The predicted molar refractivity (Wildman–Crippen MR) is 79.7 cm³/mol. The smallest absolute Gasteiger partial charge is 0.273 e. The van der Waals surface area contributed by atoms with Gasteiger partial charge >= 0.3 is 0 Å². The van der Waals surface area contributed by atoms with Crippen LogP contribution in [0.5, 0.6) is 0 Å². The molecule has 0 aliphatic rings. The first-order valence-electron chi connectivity index (χ1n) is 6.85. The Bertz CT molecular complexity index is 750. The fraction of sp³-hybridized carbons (Fsp3) is 0.188. The molecule has 5 nitrogen and oxygen atoms in total. The van der Waals surface area contributed by atoms with Gasteiger partial charge in [0.1, 0.15) is 0 Å². The number of rotatable bonds is 5. The molecule has 1 amide bonds. The van der Waals surface area contributed by atoms with Crippen molar-refractivity contribution in [3.8, 4) is 0 Å². The standard InChI is InChI=1S/C16H14F2N2O3/c1-10(11-6-7-13(17)14(18)8-11)19-16(21)9-12-4-2-3-5-15(12)20(22)23/h2-8,10H,9H2,1H3,(H,19,21)/t10-/m1/s1. The highest BCUT2D eigenvalue weighted by Gasteiger charge is 2.17. The maximum atomic E-state index is 13.2. The van der Waals surface area contributed by atoms with Crippen molar-refractivity contribution in [3.05, 3.63) is 75.3 Å². The van der Waals surface area contributed by atoms with Crippen LogP contribution >= 0.6 is 0 Å². The molecule has 0 aliphatic heterocycles. The number of nitro groups is 1. The van der Waals surface area contributed by atoms with Gasteiger partial charge in [-0.15, -0.1) is 0 Å². The quantitative estimate of drug-likeness (QED) is 0.678. The minimum absolute atomic E-state index is 0.136. The predicted octanol–water partition coefficient (Wildman–Crippen LogP) is 3.29. The molecule has 1 atom stereocenters. The SMILES string of the molecule is C[C@@H](NC(=O)Cc1ccccc1[N+](=O)[O-])c1ccc(F)c(F)c1. The summed E-state index contributed by atoms with van der Waals surface area (Å²) in [7, 11) is 0. The molecule has 23 heavy (non-hydrogen) atoms. The third-order valence-electron chi connectivity index (χ3n) is 3.36. The zero-order valence-corrected chi connectivity index (χ0v) is 12.3. The topological polar surface area (TPSA) is 72.2 Å². The Morgan fingerprint density at radius 1 is 1.22 bits per heavy atom. The van der Waals surface area contributed by atoms with E-state index in [1.54, 1.807) is 13.0 Å². The Morgan fingerprint density at radius 2 is 1.91 bits per heavy atom. The summed E-state index contributed by atoms with van der Waals surface area (Å²) in [5.74, 6) is -2.41. The van der Waals surface area contributed by atoms with E-state index >= 15 is 0 Å². The van der Waals surface area contributed by atoms with E-state index in [2.05, 4.69) is 5.32 Å². The second-order valence-corrected chi connectivity index (χ2v) is 5.03. The molecule has 1 N–H and O–H groups in total. The molecule has 0 bridgehead atoms.